The molecule has 1 atom stereocenters. The molecule has 2 N–H and O–H groups in total. The van der Waals surface area contributed by atoms with Crippen molar-refractivity contribution < 1.29 is 4.79 Å². The van der Waals surface area contributed by atoms with Gasteiger partial charge in [-0.1, -0.05) is 17.4 Å². The van der Waals surface area contributed by atoms with Gasteiger partial charge in [-0.2, -0.15) is 5.21 Å². The normalized spacial score (nSPS) is 17.5. The molecular weight excluding hydrogens is 262 g/mol. The number of H-pyrrole nitrogens is 1. The zero-order valence-corrected chi connectivity index (χ0v) is 11.0. The van der Waals surface area contributed by atoms with Crippen molar-refractivity contribution in [3.8, 4) is 0 Å². The zero-order valence-electron chi connectivity index (χ0n) is 10.2. The molecule has 1 fully saturated rings. The molecule has 0 aliphatic heterocycles. The van der Waals surface area contributed by atoms with Gasteiger partial charge >= 0.3 is 0 Å². The molecule has 3 rings (SSSR count). The number of nitrogens with one attached hydrogen (secondary N) is 2. The highest BCUT2D eigenvalue weighted by Crippen LogP contribution is 2.34. The molecule has 0 radical (unpaired) electrons. The summed E-state index contributed by atoms with van der Waals surface area (Å²) in [6.45, 7) is 4.56. The molecule has 2 aromatic heterocycles. The van der Waals surface area contributed by atoms with Crippen molar-refractivity contribution >= 4 is 17.2 Å². The summed E-state index contributed by atoms with van der Waals surface area (Å²) >= 11 is 1.43. The fourth-order valence-corrected chi connectivity index (χ4v) is 2.71. The van der Waals surface area contributed by atoms with E-state index in [1.807, 2.05) is 11.4 Å². The molecule has 1 aliphatic rings. The number of rotatable bonds is 5. The summed E-state index contributed by atoms with van der Waals surface area (Å²) in [6.07, 6.45) is 1.54. The van der Waals surface area contributed by atoms with Gasteiger partial charge in [0.05, 0.1) is 4.88 Å². The lowest BCUT2D eigenvalue weighted by Gasteiger charge is -2.03. The van der Waals surface area contributed by atoms with Gasteiger partial charge in [0.15, 0.2) is 5.82 Å². The number of aromatic amines is 1. The number of carbonyl (C=O) groups excluding carboxylic acids is 1. The van der Waals surface area contributed by atoms with Gasteiger partial charge in [-0.15, -0.1) is 21.5 Å². The number of thiophene rings is 1. The first kappa shape index (κ1) is 12.0. The van der Waals surface area contributed by atoms with E-state index < -0.39 is 0 Å². The van der Waals surface area contributed by atoms with Crippen LogP contribution < -0.4 is 5.32 Å². The number of amides is 1. The maximum atomic E-state index is 12.1. The van der Waals surface area contributed by atoms with Crippen molar-refractivity contribution in [2.24, 2.45) is 5.92 Å². The van der Waals surface area contributed by atoms with Gasteiger partial charge in [0.1, 0.15) is 0 Å². The first-order valence-electron chi connectivity index (χ1n) is 5.98. The Balaban J connectivity index is 1.65. The third-order valence-electron chi connectivity index (χ3n) is 3.13. The van der Waals surface area contributed by atoms with Crippen LogP contribution >= 0.6 is 11.3 Å². The van der Waals surface area contributed by atoms with Crippen LogP contribution in [0.3, 0.4) is 0 Å². The predicted octanol–water partition coefficient (Wildman–Crippen LogP) is 1.16. The summed E-state index contributed by atoms with van der Waals surface area (Å²) in [4.78, 5) is 12.8. The molecule has 98 valence electrons. The molecule has 1 saturated carbocycles. The van der Waals surface area contributed by atoms with Gasteiger partial charge in [-0.25, -0.2) is 0 Å². The topological polar surface area (TPSA) is 83.6 Å². The van der Waals surface area contributed by atoms with E-state index in [9.17, 15) is 4.79 Å². The molecule has 0 bridgehead atoms. The van der Waals surface area contributed by atoms with Crippen LogP contribution in [0, 0.1) is 5.92 Å². The molecule has 0 saturated heterocycles. The van der Waals surface area contributed by atoms with Crippen LogP contribution in [0.4, 0.5) is 0 Å². The third kappa shape index (κ3) is 2.70. The fraction of sp³-hybridized carbons (Fsp3) is 0.333. The van der Waals surface area contributed by atoms with Crippen molar-refractivity contribution in [3.05, 3.63) is 39.9 Å². The van der Waals surface area contributed by atoms with E-state index in [4.69, 9.17) is 0 Å². The minimum absolute atomic E-state index is 0.0341. The quantitative estimate of drug-likeness (QED) is 0.802. The number of hydrogen-bond acceptors (Lipinski definition) is 5. The van der Waals surface area contributed by atoms with Gasteiger partial charge in [-0.05, 0) is 23.4 Å². The largest absolute Gasteiger partial charge is 0.351 e. The van der Waals surface area contributed by atoms with Crippen LogP contribution in [0.25, 0.3) is 0 Å². The van der Waals surface area contributed by atoms with E-state index in [1.54, 1.807) is 0 Å². The summed E-state index contributed by atoms with van der Waals surface area (Å²) in [5.74, 6) is 1.01. The van der Waals surface area contributed by atoms with E-state index in [0.717, 1.165) is 16.9 Å². The van der Waals surface area contributed by atoms with Gasteiger partial charge in [0.25, 0.3) is 5.91 Å². The van der Waals surface area contributed by atoms with Crippen LogP contribution in [0.5, 0.6) is 0 Å². The van der Waals surface area contributed by atoms with Crippen molar-refractivity contribution in [2.45, 2.75) is 12.8 Å². The van der Waals surface area contributed by atoms with E-state index in [-0.39, 0.29) is 5.91 Å². The summed E-state index contributed by atoms with van der Waals surface area (Å²) in [5, 5.41) is 18.6. The average Bonchev–Trinajstić information content (AvgIpc) is 2.87. The maximum Gasteiger partial charge on any atom is 0.261 e. The molecule has 1 aliphatic carbocycles. The second kappa shape index (κ2) is 4.93. The molecule has 7 heteroatoms. The molecule has 0 spiro atoms. The monoisotopic (exact) mass is 275 g/mol. The van der Waals surface area contributed by atoms with Gasteiger partial charge in [-0.3, -0.25) is 4.79 Å². The van der Waals surface area contributed by atoms with Crippen molar-refractivity contribution in [1.29, 1.82) is 0 Å². The molecule has 0 aromatic carbocycles. The average molecular weight is 275 g/mol. The van der Waals surface area contributed by atoms with Gasteiger partial charge in [0, 0.05) is 18.9 Å². The third-order valence-corrected chi connectivity index (χ3v) is 4.08. The lowest BCUT2D eigenvalue weighted by molar-refractivity contribution is 0.0955. The molecule has 1 amide bonds. The lowest BCUT2D eigenvalue weighted by atomic mass is 10.2. The van der Waals surface area contributed by atoms with Crippen LogP contribution in [0.2, 0.25) is 0 Å². The van der Waals surface area contributed by atoms with Crippen molar-refractivity contribution in [2.75, 3.05) is 6.54 Å². The Morgan fingerprint density at radius 2 is 2.47 bits per heavy atom. The molecular formula is C12H13N5OS. The van der Waals surface area contributed by atoms with Crippen LogP contribution in [0.15, 0.2) is 23.6 Å². The summed E-state index contributed by atoms with van der Waals surface area (Å²) in [6, 6.07) is 1.92. The highest BCUT2D eigenvalue weighted by atomic mass is 32.1. The molecule has 6 nitrogen and oxygen atoms in total. The maximum absolute atomic E-state index is 12.1. The van der Waals surface area contributed by atoms with Gasteiger partial charge < -0.3 is 5.32 Å². The number of hydrogen-bond donors (Lipinski definition) is 2. The second-order valence-corrected chi connectivity index (χ2v) is 5.47. The number of carbonyl (C=O) groups is 1. The lowest BCUT2D eigenvalue weighted by Crippen LogP contribution is -2.25. The van der Waals surface area contributed by atoms with Crippen LogP contribution in [-0.2, 0) is 6.42 Å². The highest BCUT2D eigenvalue weighted by Gasteiger charge is 2.27. The highest BCUT2D eigenvalue weighted by molar-refractivity contribution is 7.12. The Hall–Kier alpha value is -2.02. The summed E-state index contributed by atoms with van der Waals surface area (Å²) < 4.78 is 0. The SMILES string of the molecule is C=C1CC1CNC(=O)c1sccc1Cc1nn[nH]n1. The number of aromatic nitrogens is 4. The van der Waals surface area contributed by atoms with Crippen molar-refractivity contribution in [3.63, 3.8) is 0 Å². The Morgan fingerprint density at radius 3 is 3.16 bits per heavy atom. The van der Waals surface area contributed by atoms with Crippen molar-refractivity contribution in [1.82, 2.24) is 25.9 Å². The molecule has 19 heavy (non-hydrogen) atoms. The molecule has 2 aromatic rings. The van der Waals surface area contributed by atoms with E-state index in [1.165, 1.54) is 16.9 Å². The first-order valence-corrected chi connectivity index (χ1v) is 6.86. The second-order valence-electron chi connectivity index (χ2n) is 4.55. The molecule has 1 unspecified atom stereocenters. The Morgan fingerprint density at radius 1 is 1.63 bits per heavy atom. The van der Waals surface area contributed by atoms with E-state index in [2.05, 4.69) is 32.5 Å². The number of nitrogens with zero attached hydrogens (tertiary/aromatic N) is 3. The Labute approximate surface area is 113 Å². The first-order chi connectivity index (χ1) is 9.24. The minimum Gasteiger partial charge on any atom is -0.351 e. The standard InChI is InChI=1S/C12H13N5OS/c1-7-4-9(7)6-13-12(18)11-8(2-3-19-11)5-10-14-16-17-15-10/h2-3,9H,1,4-6H2,(H,13,18)(H,14,15,16,17). The van der Waals surface area contributed by atoms with Gasteiger partial charge in [0.2, 0.25) is 0 Å². The minimum atomic E-state index is -0.0341. The summed E-state index contributed by atoms with van der Waals surface area (Å²) in [5.41, 5.74) is 2.15. The van der Waals surface area contributed by atoms with Crippen LogP contribution in [-0.4, -0.2) is 33.1 Å². The Kier molecular flexibility index (Phi) is 3.12. The van der Waals surface area contributed by atoms with E-state index in [0.29, 0.717) is 24.7 Å². The smallest absolute Gasteiger partial charge is 0.261 e. The zero-order chi connectivity index (χ0) is 13.2. The predicted molar refractivity (Wildman–Crippen MR) is 70.9 cm³/mol. The van der Waals surface area contributed by atoms with Crippen LogP contribution in [0.1, 0.15) is 27.5 Å². The van der Waals surface area contributed by atoms with E-state index >= 15 is 0 Å². The molecule has 2 heterocycles. The number of tetrazole rings is 1. The summed E-state index contributed by atoms with van der Waals surface area (Å²) in [7, 11) is 0. The fourth-order valence-electron chi connectivity index (χ4n) is 1.87. The Bertz CT molecular complexity index is 603.